The van der Waals surface area contributed by atoms with Crippen molar-refractivity contribution in [3.63, 3.8) is 0 Å². The number of ketones is 1. The lowest BCUT2D eigenvalue weighted by molar-refractivity contribution is -0.137. The number of carbonyl (C=O) groups excluding carboxylic acids is 2. The fourth-order valence-electron chi connectivity index (χ4n) is 3.64. The molecule has 0 saturated carbocycles. The van der Waals surface area contributed by atoms with E-state index in [1.165, 1.54) is 12.1 Å². The molecule has 3 rings (SSSR count). The molecule has 0 aliphatic rings. The molecule has 35 heavy (non-hydrogen) atoms. The van der Waals surface area contributed by atoms with Crippen LogP contribution in [0.1, 0.15) is 53.7 Å². The van der Waals surface area contributed by atoms with Crippen LogP contribution in [0.3, 0.4) is 0 Å². The van der Waals surface area contributed by atoms with E-state index in [0.29, 0.717) is 23.4 Å². The molecule has 0 aliphatic carbocycles. The first-order valence-corrected chi connectivity index (χ1v) is 11.5. The molecule has 2 N–H and O–H groups in total. The van der Waals surface area contributed by atoms with Crippen molar-refractivity contribution in [3.8, 4) is 0 Å². The highest BCUT2D eigenvalue weighted by molar-refractivity contribution is 6.09. The van der Waals surface area contributed by atoms with Gasteiger partial charge in [0.25, 0.3) is 0 Å². The van der Waals surface area contributed by atoms with E-state index in [4.69, 9.17) is 0 Å². The number of amides is 1. The number of hydrogen-bond donors (Lipinski definition) is 2. The normalized spacial score (nSPS) is 13.2. The molecule has 0 spiro atoms. The zero-order valence-electron chi connectivity index (χ0n) is 19.9. The van der Waals surface area contributed by atoms with Crippen molar-refractivity contribution in [3.05, 3.63) is 101 Å². The fraction of sp³-hybridized carbons (Fsp3) is 0.286. The largest absolute Gasteiger partial charge is 0.416 e. The molecule has 2 atom stereocenters. The summed E-state index contributed by atoms with van der Waals surface area (Å²) in [6.07, 6.45) is -4.39. The minimum Gasteiger partial charge on any atom is -0.380 e. The Balaban J connectivity index is 1.63. The Morgan fingerprint density at radius 1 is 0.829 bits per heavy atom. The maximum Gasteiger partial charge on any atom is 0.416 e. The summed E-state index contributed by atoms with van der Waals surface area (Å²) in [5.41, 5.74) is 1.65. The Morgan fingerprint density at radius 3 is 2.06 bits per heavy atom. The van der Waals surface area contributed by atoms with Gasteiger partial charge in [-0.25, -0.2) is 0 Å². The van der Waals surface area contributed by atoms with Crippen LogP contribution in [-0.2, 0) is 11.0 Å². The quantitative estimate of drug-likeness (QED) is 0.352. The molecule has 3 aromatic carbocycles. The van der Waals surface area contributed by atoms with E-state index in [2.05, 4.69) is 10.6 Å². The molecule has 1 amide bonds. The van der Waals surface area contributed by atoms with Gasteiger partial charge in [0.15, 0.2) is 5.78 Å². The summed E-state index contributed by atoms with van der Waals surface area (Å²) in [4.78, 5) is 25.6. The van der Waals surface area contributed by atoms with Crippen molar-refractivity contribution < 1.29 is 22.8 Å². The van der Waals surface area contributed by atoms with Gasteiger partial charge in [-0.05, 0) is 48.7 Å². The smallest absolute Gasteiger partial charge is 0.380 e. The number of nitrogens with one attached hydrogen (secondary N) is 2. The highest BCUT2D eigenvalue weighted by Gasteiger charge is 2.30. The molecule has 0 aliphatic heterocycles. The van der Waals surface area contributed by atoms with Crippen LogP contribution >= 0.6 is 0 Å². The summed E-state index contributed by atoms with van der Waals surface area (Å²) < 4.78 is 38.4. The average Bonchev–Trinajstić information content (AvgIpc) is 2.85. The first-order valence-electron chi connectivity index (χ1n) is 11.5. The third kappa shape index (κ3) is 6.94. The summed E-state index contributed by atoms with van der Waals surface area (Å²) in [5.74, 6) is -0.688. The summed E-state index contributed by atoms with van der Waals surface area (Å²) in [6.45, 7) is 6.01. The van der Waals surface area contributed by atoms with Gasteiger partial charge >= 0.3 is 6.18 Å². The van der Waals surface area contributed by atoms with Crippen LogP contribution in [0.15, 0.2) is 78.9 Å². The topological polar surface area (TPSA) is 58.2 Å². The van der Waals surface area contributed by atoms with Gasteiger partial charge in [0.1, 0.15) is 0 Å². The van der Waals surface area contributed by atoms with E-state index in [9.17, 15) is 22.8 Å². The molecular formula is C28H29F3N2O2. The summed E-state index contributed by atoms with van der Waals surface area (Å²) >= 11 is 0. The first-order chi connectivity index (χ1) is 16.6. The number of alkyl halides is 3. The lowest BCUT2D eigenvalue weighted by atomic mass is 9.95. The minimum absolute atomic E-state index is 0.110. The summed E-state index contributed by atoms with van der Waals surface area (Å²) in [7, 11) is 0. The summed E-state index contributed by atoms with van der Waals surface area (Å²) in [5, 5.41) is 6.14. The van der Waals surface area contributed by atoms with E-state index in [-0.39, 0.29) is 23.7 Å². The van der Waals surface area contributed by atoms with Crippen molar-refractivity contribution in [2.45, 2.75) is 38.9 Å². The Morgan fingerprint density at radius 2 is 1.46 bits per heavy atom. The molecule has 0 heterocycles. The number of hydrogen-bond acceptors (Lipinski definition) is 3. The maximum absolute atomic E-state index is 12.9. The van der Waals surface area contributed by atoms with Crippen molar-refractivity contribution in [2.24, 2.45) is 5.92 Å². The van der Waals surface area contributed by atoms with Gasteiger partial charge in [-0.1, -0.05) is 62.4 Å². The van der Waals surface area contributed by atoms with Gasteiger partial charge in [-0.15, -0.1) is 0 Å². The lowest BCUT2D eigenvalue weighted by Crippen LogP contribution is -2.41. The van der Waals surface area contributed by atoms with Crippen molar-refractivity contribution in [2.75, 3.05) is 11.9 Å². The maximum atomic E-state index is 12.9. The van der Waals surface area contributed by atoms with E-state index in [0.717, 1.165) is 17.7 Å². The molecule has 0 bridgehead atoms. The predicted octanol–water partition coefficient (Wildman–Crippen LogP) is 6.29. The lowest BCUT2D eigenvalue weighted by Gasteiger charge is -2.25. The molecule has 0 aromatic heterocycles. The van der Waals surface area contributed by atoms with Gasteiger partial charge < -0.3 is 10.6 Å². The number of benzene rings is 3. The van der Waals surface area contributed by atoms with Crippen molar-refractivity contribution >= 4 is 17.4 Å². The standard InChI is InChI=1S/C28H29F3N2O2/c1-18(2)25(33-24-14-12-23(13-15-24)28(29,30)31)17-32-27(35)19(3)21-10-7-11-22(16-21)26(34)20-8-5-4-6-9-20/h4-16,18-19,25,33H,17H2,1-3H3,(H,32,35)/t19?,25-/m0/s1. The van der Waals surface area contributed by atoms with Gasteiger partial charge in [0.05, 0.1) is 11.5 Å². The van der Waals surface area contributed by atoms with E-state index >= 15 is 0 Å². The zero-order chi connectivity index (χ0) is 25.6. The van der Waals surface area contributed by atoms with Crippen LogP contribution in [-0.4, -0.2) is 24.3 Å². The Labute approximate surface area is 203 Å². The Hall–Kier alpha value is -3.61. The number of carbonyl (C=O) groups is 2. The molecule has 4 nitrogen and oxygen atoms in total. The molecule has 0 saturated heterocycles. The average molecular weight is 483 g/mol. The zero-order valence-corrected chi connectivity index (χ0v) is 19.9. The third-order valence-corrected chi connectivity index (χ3v) is 5.94. The Kier molecular flexibility index (Phi) is 8.33. The summed E-state index contributed by atoms with van der Waals surface area (Å²) in [6, 6.07) is 20.6. The van der Waals surface area contributed by atoms with Crippen LogP contribution < -0.4 is 10.6 Å². The predicted molar refractivity (Wildman–Crippen MR) is 131 cm³/mol. The molecule has 1 unspecified atom stereocenters. The first kappa shape index (κ1) is 26.0. The minimum atomic E-state index is -4.39. The molecule has 3 aromatic rings. The molecule has 0 radical (unpaired) electrons. The molecule has 0 fully saturated rings. The second-order valence-corrected chi connectivity index (χ2v) is 8.86. The van der Waals surface area contributed by atoms with E-state index in [1.807, 2.05) is 26.0 Å². The van der Waals surface area contributed by atoms with Crippen LogP contribution in [0.2, 0.25) is 0 Å². The van der Waals surface area contributed by atoms with Crippen molar-refractivity contribution in [1.29, 1.82) is 0 Å². The van der Waals surface area contributed by atoms with Crippen LogP contribution in [0, 0.1) is 5.92 Å². The van der Waals surface area contributed by atoms with Gasteiger partial charge in [0, 0.05) is 29.4 Å². The van der Waals surface area contributed by atoms with Crippen LogP contribution in [0.4, 0.5) is 18.9 Å². The molecule has 7 heteroatoms. The molecular weight excluding hydrogens is 453 g/mol. The van der Waals surface area contributed by atoms with Crippen LogP contribution in [0.5, 0.6) is 0 Å². The number of rotatable bonds is 9. The second-order valence-electron chi connectivity index (χ2n) is 8.86. The van der Waals surface area contributed by atoms with Crippen molar-refractivity contribution in [1.82, 2.24) is 5.32 Å². The third-order valence-electron chi connectivity index (χ3n) is 5.94. The fourth-order valence-corrected chi connectivity index (χ4v) is 3.64. The Bertz CT molecular complexity index is 1140. The number of halogens is 3. The van der Waals surface area contributed by atoms with Crippen LogP contribution in [0.25, 0.3) is 0 Å². The van der Waals surface area contributed by atoms with Gasteiger partial charge in [-0.2, -0.15) is 13.2 Å². The molecule has 184 valence electrons. The second kappa shape index (κ2) is 11.2. The monoisotopic (exact) mass is 482 g/mol. The number of anilines is 1. The van der Waals surface area contributed by atoms with E-state index < -0.39 is 17.7 Å². The highest BCUT2D eigenvalue weighted by Crippen LogP contribution is 2.30. The SMILES string of the molecule is CC(C(=O)NC[C@H](Nc1ccc(C(F)(F)F)cc1)C(C)C)c1cccc(C(=O)c2ccccc2)c1. The highest BCUT2D eigenvalue weighted by atomic mass is 19.4. The van der Waals surface area contributed by atoms with E-state index in [1.54, 1.807) is 49.4 Å². The van der Waals surface area contributed by atoms with Gasteiger partial charge in [0.2, 0.25) is 5.91 Å². The van der Waals surface area contributed by atoms with Gasteiger partial charge in [-0.3, -0.25) is 9.59 Å².